The Balaban J connectivity index is 1.48. The van der Waals surface area contributed by atoms with Crippen LogP contribution >= 0.6 is 0 Å². The number of aryl methyl sites for hydroxylation is 1. The Kier molecular flexibility index (Phi) is 4.33. The van der Waals surface area contributed by atoms with Crippen molar-refractivity contribution in [3.63, 3.8) is 0 Å². The summed E-state index contributed by atoms with van der Waals surface area (Å²) in [5.41, 5.74) is 6.63. The van der Waals surface area contributed by atoms with Gasteiger partial charge in [0.15, 0.2) is 0 Å². The SMILES string of the molecule is Cc1c[nH]c2ncnc(N3CCC(N)(CNc4nccc(C(F)(F)F)n4)C3)c12. The van der Waals surface area contributed by atoms with E-state index in [0.717, 1.165) is 34.7 Å². The molecule has 1 atom stereocenters. The number of nitrogens with one attached hydrogen (secondary N) is 2. The van der Waals surface area contributed by atoms with Crippen molar-refractivity contribution in [2.75, 3.05) is 29.9 Å². The maximum absolute atomic E-state index is 12.8. The van der Waals surface area contributed by atoms with Gasteiger partial charge >= 0.3 is 6.18 Å². The van der Waals surface area contributed by atoms with Crippen molar-refractivity contribution in [3.8, 4) is 0 Å². The number of anilines is 2. The number of hydrogen-bond donors (Lipinski definition) is 3. The normalized spacial score (nSPS) is 20.1. The molecule has 1 fully saturated rings. The Bertz CT molecular complexity index is 1000. The monoisotopic (exact) mass is 392 g/mol. The second kappa shape index (κ2) is 6.59. The van der Waals surface area contributed by atoms with Crippen molar-refractivity contribution in [1.82, 2.24) is 24.9 Å². The Labute approximate surface area is 158 Å². The number of H-pyrrole nitrogens is 1. The zero-order valence-corrected chi connectivity index (χ0v) is 15.1. The number of aromatic nitrogens is 5. The second-order valence-electron chi connectivity index (χ2n) is 7.04. The molecule has 0 bridgehead atoms. The molecule has 0 radical (unpaired) electrons. The van der Waals surface area contributed by atoms with Crippen LogP contribution in [0, 0.1) is 6.92 Å². The van der Waals surface area contributed by atoms with Gasteiger partial charge in [0, 0.05) is 32.0 Å². The minimum atomic E-state index is -4.52. The van der Waals surface area contributed by atoms with Gasteiger partial charge in [-0.15, -0.1) is 0 Å². The molecule has 4 heterocycles. The van der Waals surface area contributed by atoms with E-state index < -0.39 is 17.4 Å². The van der Waals surface area contributed by atoms with Crippen molar-refractivity contribution in [3.05, 3.63) is 36.0 Å². The average Bonchev–Trinajstić information content (AvgIpc) is 3.24. The first kappa shape index (κ1) is 18.4. The molecule has 3 aromatic rings. The summed E-state index contributed by atoms with van der Waals surface area (Å²) in [6.45, 7) is 3.39. The molecule has 1 aliphatic rings. The van der Waals surface area contributed by atoms with Gasteiger partial charge in [0.1, 0.15) is 23.5 Å². The van der Waals surface area contributed by atoms with E-state index in [1.165, 1.54) is 6.33 Å². The van der Waals surface area contributed by atoms with E-state index in [1.54, 1.807) is 0 Å². The molecule has 1 saturated heterocycles. The topological polar surface area (TPSA) is 109 Å². The molecule has 1 unspecified atom stereocenters. The third-order valence-corrected chi connectivity index (χ3v) is 4.88. The first-order valence-electron chi connectivity index (χ1n) is 8.72. The molecule has 8 nitrogen and oxygen atoms in total. The largest absolute Gasteiger partial charge is 0.433 e. The predicted molar refractivity (Wildman–Crippen MR) is 97.9 cm³/mol. The molecule has 28 heavy (non-hydrogen) atoms. The molecule has 4 rings (SSSR count). The maximum atomic E-state index is 12.8. The first-order valence-corrected chi connectivity index (χ1v) is 8.72. The van der Waals surface area contributed by atoms with Crippen LogP contribution in [0.15, 0.2) is 24.8 Å². The Morgan fingerprint density at radius 2 is 2.14 bits per heavy atom. The number of aromatic amines is 1. The molecule has 0 aromatic carbocycles. The minimum absolute atomic E-state index is 0.0935. The highest BCUT2D eigenvalue weighted by atomic mass is 19.4. The number of fused-ring (bicyclic) bond motifs is 1. The fourth-order valence-electron chi connectivity index (χ4n) is 3.42. The molecular weight excluding hydrogens is 373 g/mol. The maximum Gasteiger partial charge on any atom is 0.433 e. The van der Waals surface area contributed by atoms with Crippen LogP contribution in [0.2, 0.25) is 0 Å². The number of alkyl halides is 3. The number of nitrogens with two attached hydrogens (primary N) is 1. The van der Waals surface area contributed by atoms with Gasteiger partial charge in [-0.3, -0.25) is 0 Å². The number of hydrogen-bond acceptors (Lipinski definition) is 7. The molecule has 0 spiro atoms. The lowest BCUT2D eigenvalue weighted by Gasteiger charge is -2.25. The van der Waals surface area contributed by atoms with Crippen molar-refractivity contribution in [1.29, 1.82) is 0 Å². The van der Waals surface area contributed by atoms with E-state index >= 15 is 0 Å². The van der Waals surface area contributed by atoms with Crippen LogP contribution in [-0.4, -0.2) is 50.1 Å². The fraction of sp³-hybridized carbons (Fsp3) is 0.412. The molecule has 148 valence electrons. The van der Waals surface area contributed by atoms with Crippen LogP contribution in [0.1, 0.15) is 17.7 Å². The second-order valence-corrected chi connectivity index (χ2v) is 7.04. The molecule has 11 heteroatoms. The fourth-order valence-corrected chi connectivity index (χ4v) is 3.42. The molecule has 0 amide bonds. The number of halogens is 3. The summed E-state index contributed by atoms with van der Waals surface area (Å²) in [6, 6.07) is 0.834. The highest BCUT2D eigenvalue weighted by Gasteiger charge is 2.37. The summed E-state index contributed by atoms with van der Waals surface area (Å²) >= 11 is 0. The summed E-state index contributed by atoms with van der Waals surface area (Å²) in [5, 5.41) is 3.79. The number of rotatable bonds is 4. The Hall–Kier alpha value is -2.95. The van der Waals surface area contributed by atoms with Gasteiger partial charge in [-0.05, 0) is 25.0 Å². The molecule has 1 aliphatic heterocycles. The van der Waals surface area contributed by atoms with E-state index in [9.17, 15) is 13.2 Å². The van der Waals surface area contributed by atoms with E-state index in [2.05, 4.69) is 35.1 Å². The van der Waals surface area contributed by atoms with E-state index in [4.69, 9.17) is 5.73 Å². The zero-order valence-electron chi connectivity index (χ0n) is 15.1. The summed E-state index contributed by atoms with van der Waals surface area (Å²) < 4.78 is 38.4. The van der Waals surface area contributed by atoms with Crippen LogP contribution in [0.5, 0.6) is 0 Å². The van der Waals surface area contributed by atoms with Gasteiger partial charge in [0.2, 0.25) is 5.95 Å². The van der Waals surface area contributed by atoms with Crippen molar-refractivity contribution >= 4 is 22.8 Å². The summed E-state index contributed by atoms with van der Waals surface area (Å²) in [4.78, 5) is 21.2. The van der Waals surface area contributed by atoms with Crippen molar-refractivity contribution in [2.24, 2.45) is 5.73 Å². The molecule has 0 aliphatic carbocycles. The van der Waals surface area contributed by atoms with Crippen LogP contribution in [0.25, 0.3) is 11.0 Å². The van der Waals surface area contributed by atoms with Gasteiger partial charge in [-0.1, -0.05) is 0 Å². The van der Waals surface area contributed by atoms with E-state index in [0.29, 0.717) is 19.5 Å². The first-order chi connectivity index (χ1) is 13.3. The van der Waals surface area contributed by atoms with Gasteiger partial charge in [0.05, 0.1) is 10.9 Å². The zero-order chi connectivity index (χ0) is 19.9. The van der Waals surface area contributed by atoms with Crippen molar-refractivity contribution < 1.29 is 13.2 Å². The summed E-state index contributed by atoms with van der Waals surface area (Å²) in [6.07, 6.45) is 0.583. The van der Waals surface area contributed by atoms with Gasteiger partial charge in [-0.2, -0.15) is 13.2 Å². The molecule has 3 aromatic heterocycles. The van der Waals surface area contributed by atoms with Crippen molar-refractivity contribution in [2.45, 2.75) is 25.1 Å². The van der Waals surface area contributed by atoms with E-state index in [1.807, 2.05) is 13.1 Å². The van der Waals surface area contributed by atoms with Gasteiger partial charge in [0.25, 0.3) is 0 Å². The van der Waals surface area contributed by atoms with Crippen LogP contribution < -0.4 is 16.0 Å². The van der Waals surface area contributed by atoms with Gasteiger partial charge in [-0.25, -0.2) is 19.9 Å². The van der Waals surface area contributed by atoms with Crippen LogP contribution in [0.4, 0.5) is 24.9 Å². The number of nitrogens with zero attached hydrogens (tertiary/aromatic N) is 5. The quantitative estimate of drug-likeness (QED) is 0.624. The van der Waals surface area contributed by atoms with Crippen LogP contribution in [0.3, 0.4) is 0 Å². The summed E-state index contributed by atoms with van der Waals surface area (Å²) in [7, 11) is 0. The Morgan fingerprint density at radius 1 is 1.32 bits per heavy atom. The van der Waals surface area contributed by atoms with E-state index in [-0.39, 0.29) is 12.5 Å². The minimum Gasteiger partial charge on any atom is -0.354 e. The third kappa shape index (κ3) is 3.44. The predicted octanol–water partition coefficient (Wildman–Crippen LogP) is 2.09. The average molecular weight is 392 g/mol. The third-order valence-electron chi connectivity index (χ3n) is 4.88. The lowest BCUT2D eigenvalue weighted by atomic mass is 10.0. The lowest BCUT2D eigenvalue weighted by molar-refractivity contribution is -0.141. The highest BCUT2D eigenvalue weighted by Crippen LogP contribution is 2.31. The standard InChI is InChI=1S/C17H19F3N8/c1-10-6-23-13-12(10)14(26-9-25-13)28-5-3-16(21,8-28)7-24-15-22-4-2-11(27-15)17(18,19)20/h2,4,6,9H,3,5,7-8,21H2,1H3,(H,22,24,27)(H,23,25,26). The highest BCUT2D eigenvalue weighted by molar-refractivity contribution is 5.90. The summed E-state index contributed by atoms with van der Waals surface area (Å²) in [5.74, 6) is 0.704. The smallest absolute Gasteiger partial charge is 0.354 e. The van der Waals surface area contributed by atoms with Crippen LogP contribution in [-0.2, 0) is 6.18 Å². The molecular formula is C17H19F3N8. The Morgan fingerprint density at radius 3 is 2.93 bits per heavy atom. The lowest BCUT2D eigenvalue weighted by Crippen LogP contribution is -2.49. The molecule has 4 N–H and O–H groups in total. The van der Waals surface area contributed by atoms with Gasteiger partial charge < -0.3 is 20.9 Å². The molecule has 0 saturated carbocycles.